The van der Waals surface area contributed by atoms with Gasteiger partial charge in [-0.25, -0.2) is 4.98 Å². The molecule has 72 valence electrons. The lowest BCUT2D eigenvalue weighted by atomic mass is 9.92. The lowest BCUT2D eigenvalue weighted by Gasteiger charge is -2.14. The first kappa shape index (κ1) is 8.04. The molecular formula is C12H14N2. The zero-order chi connectivity index (χ0) is 9.76. The minimum atomic E-state index is 0.381. The van der Waals surface area contributed by atoms with Gasteiger partial charge in [0.1, 0.15) is 5.82 Å². The summed E-state index contributed by atoms with van der Waals surface area (Å²) in [6.45, 7) is 5.70. The SMILES string of the molecule is CC1(C)Cc2nc3ccccc3n2C1. The maximum Gasteiger partial charge on any atom is 0.110 e. The van der Waals surface area contributed by atoms with E-state index in [9.17, 15) is 0 Å². The van der Waals surface area contributed by atoms with E-state index in [2.05, 4.69) is 47.7 Å². The third kappa shape index (κ3) is 0.999. The van der Waals surface area contributed by atoms with Crippen molar-refractivity contribution in [1.82, 2.24) is 9.55 Å². The lowest BCUT2D eigenvalue weighted by Crippen LogP contribution is -2.12. The van der Waals surface area contributed by atoms with Gasteiger partial charge in [0.25, 0.3) is 0 Å². The molecule has 0 spiro atoms. The van der Waals surface area contributed by atoms with Gasteiger partial charge in [0.15, 0.2) is 0 Å². The highest BCUT2D eigenvalue weighted by Crippen LogP contribution is 2.33. The van der Waals surface area contributed by atoms with Crippen LogP contribution in [0, 0.1) is 5.41 Å². The molecular weight excluding hydrogens is 172 g/mol. The summed E-state index contributed by atoms with van der Waals surface area (Å²) in [4.78, 5) is 4.65. The molecule has 3 rings (SSSR count). The van der Waals surface area contributed by atoms with E-state index in [1.165, 1.54) is 11.3 Å². The zero-order valence-electron chi connectivity index (χ0n) is 8.62. The molecule has 0 saturated carbocycles. The quantitative estimate of drug-likeness (QED) is 0.618. The van der Waals surface area contributed by atoms with Gasteiger partial charge in [-0.2, -0.15) is 0 Å². The standard InChI is InChI=1S/C12H14N2/c1-12(2)7-11-13-9-5-3-4-6-10(9)14(11)8-12/h3-6H,7-8H2,1-2H3. The van der Waals surface area contributed by atoms with Crippen LogP contribution in [0.15, 0.2) is 24.3 Å². The average molecular weight is 186 g/mol. The molecule has 0 fully saturated rings. The van der Waals surface area contributed by atoms with Gasteiger partial charge in [-0.1, -0.05) is 26.0 Å². The Morgan fingerprint density at radius 1 is 1.29 bits per heavy atom. The van der Waals surface area contributed by atoms with Gasteiger partial charge in [-0.05, 0) is 17.5 Å². The molecule has 14 heavy (non-hydrogen) atoms. The van der Waals surface area contributed by atoms with E-state index in [0.717, 1.165) is 18.5 Å². The molecule has 1 aliphatic rings. The van der Waals surface area contributed by atoms with Crippen LogP contribution in [0.1, 0.15) is 19.7 Å². The first-order valence-electron chi connectivity index (χ1n) is 5.10. The number of rotatable bonds is 0. The van der Waals surface area contributed by atoms with Crippen molar-refractivity contribution in [3.8, 4) is 0 Å². The number of benzene rings is 1. The molecule has 2 nitrogen and oxygen atoms in total. The van der Waals surface area contributed by atoms with Gasteiger partial charge in [-0.15, -0.1) is 0 Å². The van der Waals surface area contributed by atoms with E-state index >= 15 is 0 Å². The lowest BCUT2D eigenvalue weighted by molar-refractivity contribution is 0.361. The predicted molar refractivity (Wildman–Crippen MR) is 57.2 cm³/mol. The minimum Gasteiger partial charge on any atom is -0.327 e. The van der Waals surface area contributed by atoms with Crippen LogP contribution in [-0.4, -0.2) is 9.55 Å². The molecule has 2 heterocycles. The Bertz CT molecular complexity index is 494. The van der Waals surface area contributed by atoms with Gasteiger partial charge in [0.05, 0.1) is 11.0 Å². The molecule has 0 bridgehead atoms. The molecule has 2 aromatic rings. The molecule has 0 aliphatic carbocycles. The number of hydrogen-bond donors (Lipinski definition) is 0. The Morgan fingerprint density at radius 2 is 2.07 bits per heavy atom. The van der Waals surface area contributed by atoms with Crippen LogP contribution >= 0.6 is 0 Å². The van der Waals surface area contributed by atoms with Gasteiger partial charge in [0.2, 0.25) is 0 Å². The van der Waals surface area contributed by atoms with Crippen LogP contribution in [0.5, 0.6) is 0 Å². The molecule has 0 unspecified atom stereocenters. The molecule has 1 aromatic heterocycles. The van der Waals surface area contributed by atoms with Crippen molar-refractivity contribution >= 4 is 11.0 Å². The van der Waals surface area contributed by atoms with Crippen LogP contribution in [0.2, 0.25) is 0 Å². The van der Waals surface area contributed by atoms with Gasteiger partial charge < -0.3 is 4.57 Å². The van der Waals surface area contributed by atoms with Crippen molar-refractivity contribution in [1.29, 1.82) is 0 Å². The third-order valence-electron chi connectivity index (χ3n) is 2.96. The van der Waals surface area contributed by atoms with Crippen molar-refractivity contribution < 1.29 is 0 Å². The molecule has 0 saturated heterocycles. The highest BCUT2D eigenvalue weighted by molar-refractivity contribution is 5.76. The van der Waals surface area contributed by atoms with Crippen LogP contribution < -0.4 is 0 Å². The number of nitrogens with zero attached hydrogens (tertiary/aromatic N) is 2. The Labute approximate surface area is 83.6 Å². The van der Waals surface area contributed by atoms with Crippen molar-refractivity contribution in [3.05, 3.63) is 30.1 Å². The summed E-state index contributed by atoms with van der Waals surface area (Å²) in [5.74, 6) is 1.25. The van der Waals surface area contributed by atoms with E-state index in [4.69, 9.17) is 0 Å². The molecule has 0 radical (unpaired) electrons. The molecule has 1 aliphatic heterocycles. The van der Waals surface area contributed by atoms with E-state index in [0.29, 0.717) is 5.41 Å². The largest absolute Gasteiger partial charge is 0.327 e. The summed E-state index contributed by atoms with van der Waals surface area (Å²) in [5, 5.41) is 0. The Morgan fingerprint density at radius 3 is 2.93 bits per heavy atom. The Kier molecular flexibility index (Phi) is 1.37. The van der Waals surface area contributed by atoms with E-state index in [1.807, 2.05) is 0 Å². The third-order valence-corrected chi connectivity index (χ3v) is 2.96. The fourth-order valence-corrected chi connectivity index (χ4v) is 2.35. The first-order chi connectivity index (χ1) is 6.66. The molecule has 2 heteroatoms. The number of hydrogen-bond acceptors (Lipinski definition) is 1. The number of para-hydroxylation sites is 2. The fourth-order valence-electron chi connectivity index (χ4n) is 2.35. The maximum absolute atomic E-state index is 4.65. The smallest absolute Gasteiger partial charge is 0.110 e. The van der Waals surface area contributed by atoms with E-state index in [-0.39, 0.29) is 0 Å². The van der Waals surface area contributed by atoms with E-state index < -0.39 is 0 Å². The second kappa shape index (κ2) is 2.38. The fraction of sp³-hybridized carbons (Fsp3) is 0.417. The maximum atomic E-state index is 4.65. The summed E-state index contributed by atoms with van der Waals surface area (Å²) in [7, 11) is 0. The normalized spacial score (nSPS) is 18.7. The monoisotopic (exact) mass is 186 g/mol. The summed E-state index contributed by atoms with van der Waals surface area (Å²) in [5.41, 5.74) is 2.80. The first-order valence-corrected chi connectivity index (χ1v) is 5.10. The number of fused-ring (bicyclic) bond motifs is 3. The number of imidazole rings is 1. The average Bonchev–Trinajstić information content (AvgIpc) is 2.56. The van der Waals surface area contributed by atoms with Crippen LogP contribution in [0.4, 0.5) is 0 Å². The minimum absolute atomic E-state index is 0.381. The van der Waals surface area contributed by atoms with Crippen LogP contribution in [-0.2, 0) is 13.0 Å². The summed E-state index contributed by atoms with van der Waals surface area (Å²) >= 11 is 0. The predicted octanol–water partition coefficient (Wildman–Crippen LogP) is 2.62. The van der Waals surface area contributed by atoms with Crippen molar-refractivity contribution in [3.63, 3.8) is 0 Å². The van der Waals surface area contributed by atoms with Gasteiger partial charge >= 0.3 is 0 Å². The Balaban J connectivity index is 2.26. The van der Waals surface area contributed by atoms with Crippen molar-refractivity contribution in [2.45, 2.75) is 26.8 Å². The van der Waals surface area contributed by atoms with Gasteiger partial charge in [-0.3, -0.25) is 0 Å². The highest BCUT2D eigenvalue weighted by atomic mass is 15.1. The van der Waals surface area contributed by atoms with Gasteiger partial charge in [0, 0.05) is 13.0 Å². The molecule has 0 atom stereocenters. The summed E-state index contributed by atoms with van der Waals surface area (Å²) in [6.07, 6.45) is 1.10. The highest BCUT2D eigenvalue weighted by Gasteiger charge is 2.30. The summed E-state index contributed by atoms with van der Waals surface area (Å²) in [6, 6.07) is 8.39. The zero-order valence-corrected chi connectivity index (χ0v) is 8.62. The second-order valence-electron chi connectivity index (χ2n) is 4.94. The molecule has 1 aromatic carbocycles. The second-order valence-corrected chi connectivity index (χ2v) is 4.94. The summed E-state index contributed by atoms with van der Waals surface area (Å²) < 4.78 is 2.36. The topological polar surface area (TPSA) is 17.8 Å². The number of aromatic nitrogens is 2. The Hall–Kier alpha value is -1.31. The van der Waals surface area contributed by atoms with Crippen LogP contribution in [0.25, 0.3) is 11.0 Å². The van der Waals surface area contributed by atoms with Crippen molar-refractivity contribution in [2.75, 3.05) is 0 Å². The van der Waals surface area contributed by atoms with Crippen LogP contribution in [0.3, 0.4) is 0 Å². The van der Waals surface area contributed by atoms with Crippen molar-refractivity contribution in [2.24, 2.45) is 5.41 Å². The van der Waals surface area contributed by atoms with E-state index in [1.54, 1.807) is 0 Å². The molecule has 0 amide bonds. The molecule has 0 N–H and O–H groups in total.